The smallest absolute Gasteiger partial charge is 0.310 e. The molecule has 2 aromatic rings. The predicted molar refractivity (Wildman–Crippen MR) is 205 cm³/mol. The van der Waals surface area contributed by atoms with Gasteiger partial charge in [0.25, 0.3) is 5.91 Å². The Morgan fingerprint density at radius 1 is 1.04 bits per heavy atom. The van der Waals surface area contributed by atoms with Crippen LogP contribution < -0.4 is 5.32 Å². The monoisotopic (exact) mass is 697 g/mol. The van der Waals surface area contributed by atoms with Crippen molar-refractivity contribution in [3.63, 3.8) is 0 Å². The predicted octanol–water partition coefficient (Wildman–Crippen LogP) is 8.86. The summed E-state index contributed by atoms with van der Waals surface area (Å²) in [5.41, 5.74) is 4.87. The van der Waals surface area contributed by atoms with Crippen LogP contribution in [0.3, 0.4) is 0 Å². The zero-order valence-electron chi connectivity index (χ0n) is 30.5. The summed E-state index contributed by atoms with van der Waals surface area (Å²) in [6.07, 6.45) is 17.2. The number of nitrogens with zero attached hydrogens (tertiary/aromatic N) is 2. The third-order valence-electron chi connectivity index (χ3n) is 11.1. The van der Waals surface area contributed by atoms with E-state index in [1.165, 1.54) is 60.3 Å². The van der Waals surface area contributed by atoms with Crippen molar-refractivity contribution in [2.75, 3.05) is 13.1 Å². The Hall–Kier alpha value is -3.78. The minimum absolute atomic E-state index is 0.0875. The molecule has 2 unspecified atom stereocenters. The Bertz CT molecular complexity index is 1630. The van der Waals surface area contributed by atoms with Crippen LogP contribution in [-0.2, 0) is 21.4 Å². The molecule has 2 amide bonds. The van der Waals surface area contributed by atoms with Gasteiger partial charge in [-0.1, -0.05) is 90.0 Å². The number of aliphatic imine (C=N–C) groups is 1. The minimum atomic E-state index is -0.910. The van der Waals surface area contributed by atoms with Crippen molar-refractivity contribution in [2.24, 2.45) is 28.7 Å². The summed E-state index contributed by atoms with van der Waals surface area (Å²) in [5.74, 6) is 0.577. The number of hydrogen-bond acceptors (Lipinski definition) is 5. The maximum absolute atomic E-state index is 13.5. The van der Waals surface area contributed by atoms with E-state index in [2.05, 4.69) is 58.7 Å². The van der Waals surface area contributed by atoms with E-state index < -0.39 is 17.9 Å². The van der Waals surface area contributed by atoms with Gasteiger partial charge in [0.1, 0.15) is 6.04 Å². The van der Waals surface area contributed by atoms with Crippen LogP contribution >= 0.6 is 11.3 Å². The van der Waals surface area contributed by atoms with Crippen LogP contribution in [0.5, 0.6) is 0 Å². The number of carbonyl (C=O) groups excluding carboxylic acids is 2. The fourth-order valence-corrected chi connectivity index (χ4v) is 8.54. The van der Waals surface area contributed by atoms with Gasteiger partial charge in [0.2, 0.25) is 5.91 Å². The summed E-state index contributed by atoms with van der Waals surface area (Å²) in [6.45, 7) is 15.2. The standard InChI is InChI=1S/C42H55N3O4S/c1-7-28-9-15-33(16-10-28)34-19-17-32(18-20-34)30(8-2)24-43-27(3)31-13-11-29(12-14-31)23-36(40(47)45-25-35(26-45)41(48)49)44-39(46)37-21-22-38(50-37)42(4,5)6/h8,11-14,17,21-22,24,28,33-36H,3,7,9-10,15-16,18-20,23,25-26H2,1-2,4-6H3,(H,44,46)(H,48,49)/b30-8+,43-24?. The highest BCUT2D eigenvalue weighted by molar-refractivity contribution is 7.14. The molecule has 50 heavy (non-hydrogen) atoms. The van der Waals surface area contributed by atoms with Gasteiger partial charge in [-0.15, -0.1) is 11.3 Å². The van der Waals surface area contributed by atoms with Gasteiger partial charge in [0, 0.05) is 30.6 Å². The second-order valence-corrected chi connectivity index (χ2v) is 16.6. The van der Waals surface area contributed by atoms with Gasteiger partial charge in [0.05, 0.1) is 16.5 Å². The Labute approximate surface area is 302 Å². The molecule has 2 heterocycles. The van der Waals surface area contributed by atoms with Gasteiger partial charge in [-0.25, -0.2) is 0 Å². The van der Waals surface area contributed by atoms with E-state index in [1.54, 1.807) is 6.07 Å². The molecule has 5 rings (SSSR count). The number of carboxylic acid groups (broad SMARTS) is 1. The van der Waals surface area contributed by atoms with E-state index >= 15 is 0 Å². The molecule has 268 valence electrons. The molecule has 7 nitrogen and oxygen atoms in total. The molecule has 1 aromatic carbocycles. The number of likely N-dealkylation sites (tertiary alicyclic amines) is 1. The second kappa shape index (κ2) is 16.5. The molecular weight excluding hydrogens is 643 g/mol. The van der Waals surface area contributed by atoms with Gasteiger partial charge in [-0.3, -0.25) is 19.4 Å². The first kappa shape index (κ1) is 37.5. The maximum Gasteiger partial charge on any atom is 0.310 e. The summed E-state index contributed by atoms with van der Waals surface area (Å²) < 4.78 is 0. The lowest BCUT2D eigenvalue weighted by atomic mass is 9.70. The molecule has 1 saturated heterocycles. The second-order valence-electron chi connectivity index (χ2n) is 15.5. The lowest BCUT2D eigenvalue weighted by molar-refractivity contribution is -0.153. The van der Waals surface area contributed by atoms with E-state index in [9.17, 15) is 19.5 Å². The molecule has 0 radical (unpaired) electrons. The summed E-state index contributed by atoms with van der Waals surface area (Å²) in [5, 5.41) is 12.3. The van der Waals surface area contributed by atoms with Crippen LogP contribution in [0.15, 0.2) is 71.3 Å². The van der Waals surface area contributed by atoms with Gasteiger partial charge >= 0.3 is 5.97 Å². The highest BCUT2D eigenvalue weighted by Gasteiger charge is 2.39. The zero-order chi connectivity index (χ0) is 36.0. The molecule has 2 aliphatic carbocycles. The van der Waals surface area contributed by atoms with Crippen molar-refractivity contribution < 1.29 is 19.5 Å². The van der Waals surface area contributed by atoms with Gasteiger partial charge in [0.15, 0.2) is 0 Å². The Kier molecular flexibility index (Phi) is 12.4. The van der Waals surface area contributed by atoms with Crippen LogP contribution in [0.2, 0.25) is 0 Å². The van der Waals surface area contributed by atoms with E-state index in [4.69, 9.17) is 4.99 Å². The van der Waals surface area contributed by atoms with Crippen molar-refractivity contribution in [1.29, 1.82) is 0 Å². The van der Waals surface area contributed by atoms with Crippen LogP contribution in [0.1, 0.15) is 112 Å². The Morgan fingerprint density at radius 3 is 2.30 bits per heavy atom. The van der Waals surface area contributed by atoms with Crippen LogP contribution in [-0.4, -0.2) is 53.1 Å². The van der Waals surface area contributed by atoms with E-state index in [0.717, 1.165) is 52.2 Å². The third kappa shape index (κ3) is 9.30. The number of benzene rings is 1. The molecule has 8 heteroatoms. The molecule has 3 aliphatic rings. The first-order valence-corrected chi connectivity index (χ1v) is 19.3. The van der Waals surface area contributed by atoms with Gasteiger partial charge in [-0.05, 0) is 96.6 Å². The number of aliphatic carboxylic acids is 1. The maximum atomic E-state index is 13.5. The third-order valence-corrected chi connectivity index (χ3v) is 12.6. The van der Waals surface area contributed by atoms with Crippen LogP contribution in [0.4, 0.5) is 0 Å². The van der Waals surface area contributed by atoms with Crippen molar-refractivity contribution in [1.82, 2.24) is 10.2 Å². The SMILES string of the molecule is C=C(N=C/C(=C\C)C1=CCC(C2CCC(CC)CC2)CC1)c1ccc(CC(NC(=O)c2ccc(C(C)(C)C)s2)C(=O)N2CC(C(=O)O)C2)cc1. The minimum Gasteiger partial charge on any atom is -0.481 e. The summed E-state index contributed by atoms with van der Waals surface area (Å²) in [7, 11) is 0. The highest BCUT2D eigenvalue weighted by Crippen LogP contribution is 2.41. The first-order valence-electron chi connectivity index (χ1n) is 18.5. The average molecular weight is 698 g/mol. The molecule has 2 N–H and O–H groups in total. The number of allylic oxidation sites excluding steroid dienone is 4. The first-order chi connectivity index (χ1) is 23.9. The molecule has 0 spiro atoms. The van der Waals surface area contributed by atoms with Crippen molar-refractivity contribution in [2.45, 2.75) is 104 Å². The van der Waals surface area contributed by atoms with Gasteiger partial charge in [-0.2, -0.15) is 0 Å². The van der Waals surface area contributed by atoms with Crippen LogP contribution in [0, 0.1) is 23.7 Å². The summed E-state index contributed by atoms with van der Waals surface area (Å²) >= 11 is 1.42. The fraction of sp³-hybridized carbons (Fsp3) is 0.524. The normalized spacial score (nSPS) is 22.5. The molecule has 1 aliphatic heterocycles. The number of hydrogen-bond donors (Lipinski definition) is 2. The fourth-order valence-electron chi connectivity index (χ4n) is 7.57. The molecular formula is C42H55N3O4S. The van der Waals surface area contributed by atoms with Gasteiger partial charge < -0.3 is 15.3 Å². The molecule has 1 aromatic heterocycles. The van der Waals surface area contributed by atoms with Crippen molar-refractivity contribution >= 4 is 41.0 Å². The Balaban J connectivity index is 1.20. The van der Waals surface area contributed by atoms with Crippen molar-refractivity contribution in [3.8, 4) is 0 Å². The quantitative estimate of drug-likeness (QED) is 0.217. The molecule has 2 fully saturated rings. The highest BCUT2D eigenvalue weighted by atomic mass is 32.1. The van der Waals surface area contributed by atoms with Crippen molar-refractivity contribution in [3.05, 3.63) is 87.2 Å². The zero-order valence-corrected chi connectivity index (χ0v) is 31.4. The topological polar surface area (TPSA) is 99.1 Å². The number of nitrogens with one attached hydrogen (secondary N) is 1. The molecule has 1 saturated carbocycles. The molecule has 2 atom stereocenters. The van der Waals surface area contributed by atoms with E-state index in [-0.39, 0.29) is 36.7 Å². The number of thiophene rings is 1. The lowest BCUT2D eigenvalue weighted by Gasteiger charge is -2.38. The van der Waals surface area contributed by atoms with E-state index in [1.807, 2.05) is 36.5 Å². The number of rotatable bonds is 12. The Morgan fingerprint density at radius 2 is 1.74 bits per heavy atom. The summed E-state index contributed by atoms with van der Waals surface area (Å²) in [4.78, 5) is 46.1. The number of carboxylic acids is 1. The number of carbonyl (C=O) groups is 3. The summed E-state index contributed by atoms with van der Waals surface area (Å²) in [6, 6.07) is 10.7. The largest absolute Gasteiger partial charge is 0.481 e. The lowest BCUT2D eigenvalue weighted by Crippen LogP contribution is -2.59. The molecule has 0 bridgehead atoms. The van der Waals surface area contributed by atoms with Crippen LogP contribution in [0.25, 0.3) is 5.70 Å². The van der Waals surface area contributed by atoms with E-state index in [0.29, 0.717) is 10.6 Å². The average Bonchev–Trinajstić information content (AvgIpc) is 3.60. The number of amides is 2.